The molecule has 3 nitrogen and oxygen atoms in total. The van der Waals surface area contributed by atoms with E-state index in [-0.39, 0.29) is 0 Å². The molecular weight excluding hydrogens is 222 g/mol. The molecular formula is C12H17NO2S. The Bertz CT molecular complexity index is 320. The molecule has 0 bridgehead atoms. The Morgan fingerprint density at radius 1 is 1.62 bits per heavy atom. The highest BCUT2D eigenvalue weighted by Gasteiger charge is 2.15. The number of aliphatic hydroxyl groups excluding tert-OH is 1. The summed E-state index contributed by atoms with van der Waals surface area (Å²) < 4.78 is 5.56. The van der Waals surface area contributed by atoms with E-state index in [1.807, 2.05) is 18.3 Å². The third-order valence-electron chi connectivity index (χ3n) is 2.65. The van der Waals surface area contributed by atoms with Crippen LogP contribution in [0, 0.1) is 0 Å². The van der Waals surface area contributed by atoms with E-state index in [0.29, 0.717) is 6.10 Å². The summed E-state index contributed by atoms with van der Waals surface area (Å²) in [4.78, 5) is 5.35. The first-order chi connectivity index (χ1) is 7.75. The zero-order valence-corrected chi connectivity index (χ0v) is 10.2. The highest BCUT2D eigenvalue weighted by Crippen LogP contribution is 2.23. The van der Waals surface area contributed by atoms with Gasteiger partial charge in [-0.05, 0) is 31.9 Å². The summed E-state index contributed by atoms with van der Waals surface area (Å²) in [5.74, 6) is 0.996. The monoisotopic (exact) mass is 239 g/mol. The maximum atomic E-state index is 9.33. The Kier molecular flexibility index (Phi) is 4.21. The fourth-order valence-corrected chi connectivity index (χ4v) is 2.62. The Hall–Kier alpha value is -0.580. The average molecular weight is 239 g/mol. The third-order valence-corrected chi connectivity index (χ3v) is 3.76. The lowest BCUT2D eigenvalue weighted by Crippen LogP contribution is -2.07. The largest absolute Gasteiger partial charge is 0.387 e. The second kappa shape index (κ2) is 5.66. The van der Waals surface area contributed by atoms with Crippen LogP contribution < -0.4 is 0 Å². The number of ether oxygens (including phenoxy) is 1. The maximum absolute atomic E-state index is 9.33. The molecule has 1 aromatic heterocycles. The molecule has 0 amide bonds. The molecule has 1 saturated heterocycles. The van der Waals surface area contributed by atoms with E-state index in [0.717, 1.165) is 22.9 Å². The first-order valence-corrected chi connectivity index (χ1v) is 6.62. The number of aliphatic hydroxyl groups is 1. The number of hydrogen-bond donors (Lipinski definition) is 1. The van der Waals surface area contributed by atoms with Gasteiger partial charge in [-0.15, -0.1) is 11.8 Å². The van der Waals surface area contributed by atoms with Crippen molar-refractivity contribution < 1.29 is 9.84 Å². The van der Waals surface area contributed by atoms with Crippen LogP contribution in [0.25, 0.3) is 0 Å². The van der Waals surface area contributed by atoms with Gasteiger partial charge in [-0.25, -0.2) is 0 Å². The summed E-state index contributed by atoms with van der Waals surface area (Å²) in [6.07, 6.45) is 4.09. The Labute approximate surface area is 100 Å². The second-order valence-electron chi connectivity index (χ2n) is 4.04. The third kappa shape index (κ3) is 3.20. The van der Waals surface area contributed by atoms with Gasteiger partial charge >= 0.3 is 0 Å². The fraction of sp³-hybridized carbons (Fsp3) is 0.583. The van der Waals surface area contributed by atoms with Crippen molar-refractivity contribution in [1.29, 1.82) is 0 Å². The molecule has 2 heterocycles. The van der Waals surface area contributed by atoms with Gasteiger partial charge in [0, 0.05) is 23.5 Å². The molecule has 2 rings (SSSR count). The van der Waals surface area contributed by atoms with Gasteiger partial charge in [0.25, 0.3) is 0 Å². The summed E-state index contributed by atoms with van der Waals surface area (Å²) in [5, 5.41) is 9.33. The molecule has 0 aromatic carbocycles. The number of rotatable bonds is 4. The van der Waals surface area contributed by atoms with E-state index in [2.05, 4.69) is 4.98 Å². The number of hydrogen-bond acceptors (Lipinski definition) is 4. The van der Waals surface area contributed by atoms with Crippen molar-refractivity contribution in [3.05, 3.63) is 24.0 Å². The molecule has 0 saturated carbocycles. The molecule has 16 heavy (non-hydrogen) atoms. The normalized spacial score (nSPS) is 22.2. The summed E-state index contributed by atoms with van der Waals surface area (Å²) >= 11 is 1.77. The van der Waals surface area contributed by atoms with Crippen LogP contribution in [0.3, 0.4) is 0 Å². The molecule has 0 spiro atoms. The molecule has 2 atom stereocenters. The van der Waals surface area contributed by atoms with Gasteiger partial charge in [0.15, 0.2) is 0 Å². The van der Waals surface area contributed by atoms with Crippen molar-refractivity contribution in [2.45, 2.75) is 36.9 Å². The molecule has 1 N–H and O–H groups in total. The Morgan fingerprint density at radius 3 is 3.06 bits per heavy atom. The minimum Gasteiger partial charge on any atom is -0.387 e. The number of nitrogens with zero attached hydrogens (tertiary/aromatic N) is 1. The summed E-state index contributed by atoms with van der Waals surface area (Å²) in [6.45, 7) is 2.63. The molecule has 1 unspecified atom stereocenters. The fourth-order valence-electron chi connectivity index (χ4n) is 1.69. The second-order valence-corrected chi connectivity index (χ2v) is 5.13. The molecule has 1 aromatic rings. The standard InChI is InChI=1S/C12H17NO2S/c1-9(14)12-5-4-11(7-13-12)16-8-10-3-2-6-15-10/h4-5,7,9-10,14H,2-3,6,8H2,1H3/t9-,10?/m0/s1. The van der Waals surface area contributed by atoms with Gasteiger partial charge in [-0.1, -0.05) is 0 Å². The SMILES string of the molecule is C[C@H](O)c1ccc(SCC2CCCO2)cn1. The van der Waals surface area contributed by atoms with E-state index >= 15 is 0 Å². The molecule has 1 aliphatic heterocycles. The number of aromatic nitrogens is 1. The molecule has 0 aliphatic carbocycles. The Balaban J connectivity index is 1.84. The smallest absolute Gasteiger partial charge is 0.0931 e. The van der Waals surface area contributed by atoms with Crippen LogP contribution in [0.2, 0.25) is 0 Å². The first kappa shape index (κ1) is 11.9. The van der Waals surface area contributed by atoms with Crippen LogP contribution in [0.5, 0.6) is 0 Å². The minimum absolute atomic E-state index is 0.404. The summed E-state index contributed by atoms with van der Waals surface area (Å²) in [5.41, 5.74) is 0.724. The van der Waals surface area contributed by atoms with Crippen LogP contribution >= 0.6 is 11.8 Å². The van der Waals surface area contributed by atoms with E-state index in [9.17, 15) is 5.11 Å². The first-order valence-electron chi connectivity index (χ1n) is 5.64. The van der Waals surface area contributed by atoms with E-state index in [1.54, 1.807) is 18.7 Å². The van der Waals surface area contributed by atoms with Gasteiger partial charge in [0.2, 0.25) is 0 Å². The van der Waals surface area contributed by atoms with Crippen molar-refractivity contribution in [2.75, 3.05) is 12.4 Å². The Morgan fingerprint density at radius 2 is 2.50 bits per heavy atom. The van der Waals surface area contributed by atoms with Gasteiger partial charge in [0.1, 0.15) is 0 Å². The van der Waals surface area contributed by atoms with Crippen molar-refractivity contribution in [2.24, 2.45) is 0 Å². The maximum Gasteiger partial charge on any atom is 0.0931 e. The highest BCUT2D eigenvalue weighted by atomic mass is 32.2. The predicted molar refractivity (Wildman–Crippen MR) is 64.6 cm³/mol. The van der Waals surface area contributed by atoms with Gasteiger partial charge < -0.3 is 9.84 Å². The zero-order chi connectivity index (χ0) is 11.4. The van der Waals surface area contributed by atoms with Crippen molar-refractivity contribution >= 4 is 11.8 Å². The van der Waals surface area contributed by atoms with Gasteiger partial charge in [-0.2, -0.15) is 0 Å². The van der Waals surface area contributed by atoms with E-state index in [1.165, 1.54) is 12.8 Å². The molecule has 0 radical (unpaired) electrons. The summed E-state index contributed by atoms with van der Waals surface area (Å²) in [7, 11) is 0. The summed E-state index contributed by atoms with van der Waals surface area (Å²) in [6, 6.07) is 3.89. The zero-order valence-electron chi connectivity index (χ0n) is 9.43. The van der Waals surface area contributed by atoms with Crippen LogP contribution in [0.1, 0.15) is 31.6 Å². The van der Waals surface area contributed by atoms with Crippen molar-refractivity contribution in [3.63, 3.8) is 0 Å². The topological polar surface area (TPSA) is 42.4 Å². The predicted octanol–water partition coefficient (Wildman–Crippen LogP) is 2.41. The van der Waals surface area contributed by atoms with Gasteiger partial charge in [0.05, 0.1) is 17.9 Å². The van der Waals surface area contributed by atoms with Crippen LogP contribution in [0.4, 0.5) is 0 Å². The van der Waals surface area contributed by atoms with Crippen LogP contribution in [0.15, 0.2) is 23.2 Å². The molecule has 1 fully saturated rings. The molecule has 1 aliphatic rings. The lowest BCUT2D eigenvalue weighted by molar-refractivity contribution is 0.129. The molecule has 88 valence electrons. The van der Waals surface area contributed by atoms with E-state index < -0.39 is 6.10 Å². The molecule has 4 heteroatoms. The lowest BCUT2D eigenvalue weighted by atomic mass is 10.2. The highest BCUT2D eigenvalue weighted by molar-refractivity contribution is 7.99. The van der Waals surface area contributed by atoms with Crippen molar-refractivity contribution in [3.8, 4) is 0 Å². The van der Waals surface area contributed by atoms with Crippen LogP contribution in [-0.2, 0) is 4.74 Å². The average Bonchev–Trinajstić information content (AvgIpc) is 2.80. The quantitative estimate of drug-likeness (QED) is 0.819. The number of thioether (sulfide) groups is 1. The van der Waals surface area contributed by atoms with Crippen LogP contribution in [-0.4, -0.2) is 28.6 Å². The van der Waals surface area contributed by atoms with Gasteiger partial charge in [-0.3, -0.25) is 4.98 Å². The van der Waals surface area contributed by atoms with E-state index in [4.69, 9.17) is 4.74 Å². The van der Waals surface area contributed by atoms with Crippen molar-refractivity contribution in [1.82, 2.24) is 4.98 Å². The minimum atomic E-state index is -0.489. The lowest BCUT2D eigenvalue weighted by Gasteiger charge is -2.09. The number of pyridine rings is 1.